The SMILES string of the molecule is CC.CCCCc1nc(C(F)(F)Cc2ccccc2)nn1Cc1ccc(-c2ccccc2C2=NNNN2)cc1. The predicted octanol–water partition coefficient (Wildman–Crippen LogP) is 5.97. The monoisotopic (exact) mass is 531 g/mol. The Morgan fingerprint density at radius 3 is 2.21 bits per heavy atom. The van der Waals surface area contributed by atoms with Crippen LogP contribution in [0.5, 0.6) is 0 Å². The molecule has 0 fully saturated rings. The summed E-state index contributed by atoms with van der Waals surface area (Å²) in [6.07, 6.45) is 1.99. The van der Waals surface area contributed by atoms with Gasteiger partial charge in [-0.1, -0.05) is 106 Å². The normalized spacial score (nSPS) is 12.7. The number of alkyl halides is 2. The first kappa shape index (κ1) is 27.9. The molecule has 5 rings (SSSR count). The fourth-order valence-corrected chi connectivity index (χ4v) is 4.34. The van der Waals surface area contributed by atoms with Crippen molar-refractivity contribution in [1.82, 2.24) is 31.3 Å². The molecule has 0 saturated heterocycles. The molecule has 0 atom stereocenters. The molecular formula is C30H35F2N7. The van der Waals surface area contributed by atoms with E-state index in [2.05, 4.69) is 38.6 Å². The van der Waals surface area contributed by atoms with Crippen molar-refractivity contribution >= 4 is 5.84 Å². The molecule has 0 amide bonds. The number of hydrazone groups is 1. The lowest BCUT2D eigenvalue weighted by Gasteiger charge is -2.12. The van der Waals surface area contributed by atoms with E-state index in [0.29, 0.717) is 30.2 Å². The maximum absolute atomic E-state index is 15.1. The quantitative estimate of drug-likeness (QED) is 0.235. The Morgan fingerprint density at radius 2 is 1.54 bits per heavy atom. The van der Waals surface area contributed by atoms with E-state index in [1.54, 1.807) is 28.9 Å². The lowest BCUT2D eigenvalue weighted by molar-refractivity contribution is -0.0133. The van der Waals surface area contributed by atoms with Gasteiger partial charge in [-0.25, -0.2) is 15.2 Å². The van der Waals surface area contributed by atoms with E-state index in [1.165, 1.54) is 0 Å². The number of hydrogen-bond donors (Lipinski definition) is 3. The summed E-state index contributed by atoms with van der Waals surface area (Å²) in [5, 5.41) is 8.50. The average molecular weight is 532 g/mol. The molecule has 2 heterocycles. The van der Waals surface area contributed by atoms with Crippen LogP contribution in [0.1, 0.15) is 62.0 Å². The zero-order chi connectivity index (χ0) is 27.7. The summed E-state index contributed by atoms with van der Waals surface area (Å²) >= 11 is 0. The number of aryl methyl sites for hydroxylation is 1. The van der Waals surface area contributed by atoms with Crippen molar-refractivity contribution in [3.8, 4) is 11.1 Å². The van der Waals surface area contributed by atoms with Crippen molar-refractivity contribution in [2.45, 2.75) is 58.9 Å². The highest BCUT2D eigenvalue weighted by Gasteiger charge is 2.37. The molecule has 7 nitrogen and oxygen atoms in total. The third-order valence-electron chi connectivity index (χ3n) is 6.28. The van der Waals surface area contributed by atoms with Gasteiger partial charge in [0.25, 0.3) is 0 Å². The summed E-state index contributed by atoms with van der Waals surface area (Å²) < 4.78 is 31.9. The molecule has 4 aromatic rings. The van der Waals surface area contributed by atoms with Gasteiger partial charge < -0.3 is 0 Å². The van der Waals surface area contributed by atoms with Gasteiger partial charge in [-0.05, 0) is 28.7 Å². The third-order valence-corrected chi connectivity index (χ3v) is 6.28. The van der Waals surface area contributed by atoms with Crippen LogP contribution in [-0.2, 0) is 25.3 Å². The van der Waals surface area contributed by atoms with Gasteiger partial charge in [0, 0.05) is 18.4 Å². The van der Waals surface area contributed by atoms with Crippen molar-refractivity contribution in [1.29, 1.82) is 0 Å². The van der Waals surface area contributed by atoms with Gasteiger partial charge in [-0.3, -0.25) is 5.43 Å². The van der Waals surface area contributed by atoms with Crippen LogP contribution < -0.4 is 16.5 Å². The topological polar surface area (TPSA) is 79.2 Å². The van der Waals surface area contributed by atoms with Crippen molar-refractivity contribution in [3.63, 3.8) is 0 Å². The van der Waals surface area contributed by atoms with E-state index in [4.69, 9.17) is 0 Å². The van der Waals surface area contributed by atoms with Crippen LogP contribution in [0.15, 0.2) is 84.0 Å². The molecular weight excluding hydrogens is 496 g/mol. The maximum atomic E-state index is 15.1. The Hall–Kier alpha value is -4.11. The minimum atomic E-state index is -3.15. The summed E-state index contributed by atoms with van der Waals surface area (Å²) in [7, 11) is 0. The highest BCUT2D eigenvalue weighted by atomic mass is 19.3. The number of amidine groups is 1. The first-order valence-corrected chi connectivity index (χ1v) is 13.4. The summed E-state index contributed by atoms with van der Waals surface area (Å²) in [5.74, 6) is -2.28. The molecule has 0 aliphatic carbocycles. The van der Waals surface area contributed by atoms with Crippen LogP contribution in [0.4, 0.5) is 8.78 Å². The van der Waals surface area contributed by atoms with E-state index in [1.807, 2.05) is 68.4 Å². The Bertz CT molecular complexity index is 1370. The molecule has 1 aliphatic heterocycles. The molecule has 0 unspecified atom stereocenters. The van der Waals surface area contributed by atoms with Crippen LogP contribution in [0, 0.1) is 0 Å². The van der Waals surface area contributed by atoms with Gasteiger partial charge in [0.05, 0.1) is 6.54 Å². The maximum Gasteiger partial charge on any atom is 0.312 e. The van der Waals surface area contributed by atoms with Crippen LogP contribution in [0.3, 0.4) is 0 Å². The summed E-state index contributed by atoms with van der Waals surface area (Å²) in [6.45, 7) is 6.44. The highest BCUT2D eigenvalue weighted by molar-refractivity contribution is 6.04. The molecule has 0 spiro atoms. The number of unbranched alkanes of at least 4 members (excludes halogenated alkanes) is 1. The molecule has 39 heavy (non-hydrogen) atoms. The number of rotatable bonds is 10. The molecule has 3 aromatic carbocycles. The fourth-order valence-electron chi connectivity index (χ4n) is 4.34. The molecule has 9 heteroatoms. The van der Waals surface area contributed by atoms with Crippen LogP contribution in [-0.4, -0.2) is 20.6 Å². The molecule has 0 saturated carbocycles. The van der Waals surface area contributed by atoms with E-state index >= 15 is 8.78 Å². The van der Waals surface area contributed by atoms with Gasteiger partial charge in [-0.2, -0.15) is 8.78 Å². The van der Waals surface area contributed by atoms with Crippen molar-refractivity contribution in [2.75, 3.05) is 0 Å². The number of aromatic nitrogens is 3. The van der Waals surface area contributed by atoms with E-state index in [-0.39, 0.29) is 0 Å². The van der Waals surface area contributed by atoms with Crippen molar-refractivity contribution < 1.29 is 8.78 Å². The van der Waals surface area contributed by atoms with Crippen LogP contribution >= 0.6 is 0 Å². The van der Waals surface area contributed by atoms with Crippen molar-refractivity contribution in [2.24, 2.45) is 5.10 Å². The van der Waals surface area contributed by atoms with E-state index in [9.17, 15) is 0 Å². The third kappa shape index (κ3) is 6.86. The Labute approximate surface area is 228 Å². The van der Waals surface area contributed by atoms with Crippen molar-refractivity contribution in [3.05, 3.63) is 107 Å². The van der Waals surface area contributed by atoms with Gasteiger partial charge in [0.2, 0.25) is 5.82 Å². The first-order chi connectivity index (χ1) is 19.0. The van der Waals surface area contributed by atoms with Gasteiger partial charge >= 0.3 is 5.92 Å². The zero-order valence-electron chi connectivity index (χ0n) is 22.6. The number of halogens is 2. The van der Waals surface area contributed by atoms with E-state index < -0.39 is 18.2 Å². The largest absolute Gasteiger partial charge is 0.312 e. The molecule has 0 radical (unpaired) electrons. The first-order valence-electron chi connectivity index (χ1n) is 13.4. The lowest BCUT2D eigenvalue weighted by Crippen LogP contribution is -2.35. The molecule has 1 aromatic heterocycles. The Balaban J connectivity index is 0.00000172. The van der Waals surface area contributed by atoms with Gasteiger partial charge in [0.1, 0.15) is 5.82 Å². The number of hydrogen-bond acceptors (Lipinski definition) is 6. The van der Waals surface area contributed by atoms with E-state index in [0.717, 1.165) is 35.1 Å². The van der Waals surface area contributed by atoms with Crippen LogP contribution in [0.2, 0.25) is 0 Å². The minimum absolute atomic E-state index is 0.373. The number of nitrogens with zero attached hydrogens (tertiary/aromatic N) is 4. The second kappa shape index (κ2) is 13.1. The van der Waals surface area contributed by atoms with Gasteiger partial charge in [-0.15, -0.1) is 15.7 Å². The zero-order valence-corrected chi connectivity index (χ0v) is 22.6. The number of benzene rings is 3. The molecule has 0 bridgehead atoms. The smallest absolute Gasteiger partial charge is 0.285 e. The Morgan fingerprint density at radius 1 is 0.846 bits per heavy atom. The predicted molar refractivity (Wildman–Crippen MR) is 151 cm³/mol. The molecule has 204 valence electrons. The summed E-state index contributed by atoms with van der Waals surface area (Å²) in [4.78, 5) is 4.30. The minimum Gasteiger partial charge on any atom is -0.285 e. The fraction of sp³-hybridized carbons (Fsp3) is 0.300. The molecule has 1 aliphatic rings. The summed E-state index contributed by atoms with van der Waals surface area (Å²) in [6, 6.07) is 24.8. The standard InChI is InChI=1S/C28H29F2N7.C2H6/c1-2-3-13-25-31-27(28(29,30)18-20-9-5-4-6-10-20)34-37(25)19-21-14-16-22(17-15-21)23-11-7-8-12-24(23)26-32-35-36-33-26;1-2/h4-12,14-17,35-36H,2-3,13,18-19H2,1H3,(H,32,33);1-2H3. The van der Waals surface area contributed by atoms with Gasteiger partial charge in [0.15, 0.2) is 5.84 Å². The Kier molecular flexibility index (Phi) is 9.38. The number of hydrazine groups is 2. The summed E-state index contributed by atoms with van der Waals surface area (Å²) in [5.41, 5.74) is 13.0. The second-order valence-electron chi connectivity index (χ2n) is 9.04. The van der Waals surface area contributed by atoms with Crippen LogP contribution in [0.25, 0.3) is 11.1 Å². The number of nitrogens with one attached hydrogen (secondary N) is 3. The highest BCUT2D eigenvalue weighted by Crippen LogP contribution is 2.30. The molecule has 3 N–H and O–H groups in total. The average Bonchev–Trinajstić information content (AvgIpc) is 3.65. The lowest BCUT2D eigenvalue weighted by atomic mass is 9.98. The second-order valence-corrected chi connectivity index (χ2v) is 9.04.